The van der Waals surface area contributed by atoms with Gasteiger partial charge >= 0.3 is 0 Å². The van der Waals surface area contributed by atoms with Crippen LogP contribution in [0.5, 0.6) is 0 Å². The average molecular weight is 285 g/mol. The zero-order valence-corrected chi connectivity index (χ0v) is 13.7. The van der Waals surface area contributed by atoms with Crippen LogP contribution >= 0.6 is 11.3 Å². The Morgan fingerprint density at radius 2 is 2.05 bits per heavy atom. The summed E-state index contributed by atoms with van der Waals surface area (Å²) < 4.78 is 5.55. The fourth-order valence-electron chi connectivity index (χ4n) is 2.11. The quantitative estimate of drug-likeness (QED) is 0.623. The zero-order valence-electron chi connectivity index (χ0n) is 12.9. The van der Waals surface area contributed by atoms with Crippen molar-refractivity contribution in [1.82, 2.24) is 10.4 Å². The maximum absolute atomic E-state index is 5.67. The van der Waals surface area contributed by atoms with Gasteiger partial charge in [0, 0.05) is 24.3 Å². The largest absolute Gasteiger partial charge is 0.380 e. The van der Waals surface area contributed by atoms with Gasteiger partial charge in [0.25, 0.3) is 0 Å². The Morgan fingerprint density at radius 3 is 2.42 bits per heavy atom. The molecule has 0 fully saturated rings. The summed E-state index contributed by atoms with van der Waals surface area (Å²) >= 11 is 1.70. The number of methoxy groups -OCH3 is 1. The van der Waals surface area contributed by atoms with Gasteiger partial charge in [0.15, 0.2) is 0 Å². The maximum atomic E-state index is 5.67. The van der Waals surface area contributed by atoms with E-state index in [4.69, 9.17) is 15.6 Å². The molecular formula is C14H27N3OS. The molecule has 0 saturated carbocycles. The van der Waals surface area contributed by atoms with E-state index in [1.54, 1.807) is 18.4 Å². The van der Waals surface area contributed by atoms with Gasteiger partial charge in [-0.3, -0.25) is 11.3 Å². The van der Waals surface area contributed by atoms with Gasteiger partial charge in [0.05, 0.1) is 22.8 Å². The van der Waals surface area contributed by atoms with E-state index in [0.717, 1.165) is 17.1 Å². The third kappa shape index (κ3) is 4.53. The number of nitrogens with one attached hydrogen (secondary N) is 1. The summed E-state index contributed by atoms with van der Waals surface area (Å²) in [6, 6.07) is 0.0870. The topological polar surface area (TPSA) is 60.2 Å². The molecule has 0 saturated heterocycles. The van der Waals surface area contributed by atoms with Gasteiger partial charge in [-0.25, -0.2) is 4.98 Å². The van der Waals surface area contributed by atoms with E-state index >= 15 is 0 Å². The van der Waals surface area contributed by atoms with Crippen LogP contribution in [-0.2, 0) is 16.6 Å². The Bertz CT molecular complexity index is 384. The van der Waals surface area contributed by atoms with Crippen LogP contribution in [0.1, 0.15) is 45.3 Å². The molecule has 110 valence electrons. The van der Waals surface area contributed by atoms with E-state index < -0.39 is 0 Å². The molecular weight excluding hydrogens is 258 g/mol. The molecule has 1 aromatic heterocycles. The second-order valence-corrected chi connectivity index (χ2v) is 7.24. The van der Waals surface area contributed by atoms with Gasteiger partial charge in [-0.2, -0.15) is 0 Å². The number of hydrogen-bond donors (Lipinski definition) is 2. The first-order valence-electron chi connectivity index (χ1n) is 6.73. The lowest BCUT2D eigenvalue weighted by molar-refractivity contribution is 0.0332. The van der Waals surface area contributed by atoms with Crippen molar-refractivity contribution in [2.45, 2.75) is 58.6 Å². The highest BCUT2D eigenvalue weighted by atomic mass is 32.1. The van der Waals surface area contributed by atoms with Crippen LogP contribution in [0.4, 0.5) is 0 Å². The smallest absolute Gasteiger partial charge is 0.0945 e. The molecule has 0 radical (unpaired) electrons. The molecule has 0 aliphatic carbocycles. The highest BCUT2D eigenvalue weighted by molar-refractivity contribution is 7.09. The molecule has 2 unspecified atom stereocenters. The summed E-state index contributed by atoms with van der Waals surface area (Å²) in [5.41, 5.74) is 4.11. The van der Waals surface area contributed by atoms with Crippen molar-refractivity contribution in [1.29, 1.82) is 0 Å². The monoisotopic (exact) mass is 285 g/mol. The number of ether oxygens (including phenoxy) is 1. The van der Waals surface area contributed by atoms with Crippen LogP contribution in [0.2, 0.25) is 0 Å². The molecule has 0 aliphatic rings. The first kappa shape index (κ1) is 16.6. The van der Waals surface area contributed by atoms with E-state index in [0.29, 0.717) is 5.92 Å². The molecule has 0 aromatic carbocycles. The van der Waals surface area contributed by atoms with Crippen LogP contribution in [0, 0.1) is 5.92 Å². The number of nitrogens with zero attached hydrogens (tertiary/aromatic N) is 1. The fraction of sp³-hybridized carbons (Fsp3) is 0.786. The minimum atomic E-state index is 0.0870. The molecule has 0 aliphatic heterocycles. The third-order valence-electron chi connectivity index (χ3n) is 3.25. The molecule has 4 nitrogen and oxygen atoms in total. The molecule has 19 heavy (non-hydrogen) atoms. The second kappa shape index (κ2) is 6.79. The minimum Gasteiger partial charge on any atom is -0.380 e. The van der Waals surface area contributed by atoms with Crippen LogP contribution < -0.4 is 11.3 Å². The van der Waals surface area contributed by atoms with Gasteiger partial charge in [-0.1, -0.05) is 34.6 Å². The van der Waals surface area contributed by atoms with Crippen molar-refractivity contribution in [2.24, 2.45) is 11.8 Å². The lowest BCUT2D eigenvalue weighted by Crippen LogP contribution is -2.48. The Labute approximate surface area is 120 Å². The predicted octanol–water partition coefficient (Wildman–Crippen LogP) is 2.49. The van der Waals surface area contributed by atoms with Crippen molar-refractivity contribution in [3.8, 4) is 0 Å². The van der Waals surface area contributed by atoms with Crippen molar-refractivity contribution in [3.63, 3.8) is 0 Å². The zero-order chi connectivity index (χ0) is 14.6. The van der Waals surface area contributed by atoms with E-state index in [1.807, 2.05) is 0 Å². The van der Waals surface area contributed by atoms with Crippen molar-refractivity contribution in [2.75, 3.05) is 7.11 Å². The van der Waals surface area contributed by atoms with Crippen molar-refractivity contribution < 1.29 is 4.74 Å². The van der Waals surface area contributed by atoms with Crippen molar-refractivity contribution in [3.05, 3.63) is 16.1 Å². The van der Waals surface area contributed by atoms with E-state index in [-0.39, 0.29) is 17.6 Å². The molecule has 1 rings (SSSR count). The lowest BCUT2D eigenvalue weighted by atomic mass is 9.93. The standard InChI is InChI=1S/C14H27N3OS/c1-9(2)13(18-6)10(17-15)7-12-16-11(8-19-12)14(3,4)5/h8-10,13,17H,7,15H2,1-6H3. The highest BCUT2D eigenvalue weighted by Crippen LogP contribution is 2.25. The normalized spacial score (nSPS) is 15.8. The number of aromatic nitrogens is 1. The molecule has 1 aromatic rings. The van der Waals surface area contributed by atoms with Gasteiger partial charge in [-0.05, 0) is 5.92 Å². The third-order valence-corrected chi connectivity index (χ3v) is 4.13. The summed E-state index contributed by atoms with van der Waals surface area (Å²) in [5, 5.41) is 3.25. The molecule has 0 spiro atoms. The Balaban J connectivity index is 2.79. The fourth-order valence-corrected chi connectivity index (χ4v) is 3.19. The van der Waals surface area contributed by atoms with Crippen molar-refractivity contribution >= 4 is 11.3 Å². The summed E-state index contributed by atoms with van der Waals surface area (Å²) in [6.07, 6.45) is 0.889. The summed E-state index contributed by atoms with van der Waals surface area (Å²) in [7, 11) is 1.73. The average Bonchev–Trinajstić information content (AvgIpc) is 2.76. The summed E-state index contributed by atoms with van der Waals surface area (Å²) in [4.78, 5) is 4.71. The number of thiazole rings is 1. The van der Waals surface area contributed by atoms with Crippen LogP contribution in [0.25, 0.3) is 0 Å². The van der Waals surface area contributed by atoms with E-state index in [9.17, 15) is 0 Å². The SMILES string of the molecule is COC(C(C)C)C(Cc1nc(C(C)(C)C)cs1)NN. The molecule has 1 heterocycles. The number of nitrogens with two attached hydrogens (primary N) is 1. The Hall–Kier alpha value is -0.490. The second-order valence-electron chi connectivity index (χ2n) is 6.30. The number of hydrogen-bond acceptors (Lipinski definition) is 5. The highest BCUT2D eigenvalue weighted by Gasteiger charge is 2.25. The summed E-state index contributed by atoms with van der Waals surface area (Å²) in [6.45, 7) is 10.8. The number of hydrazine groups is 1. The molecule has 2 atom stereocenters. The Morgan fingerprint density at radius 1 is 1.42 bits per heavy atom. The predicted molar refractivity (Wildman–Crippen MR) is 81.3 cm³/mol. The van der Waals surface area contributed by atoms with Gasteiger partial charge < -0.3 is 4.74 Å². The van der Waals surface area contributed by atoms with Crippen LogP contribution in [0.3, 0.4) is 0 Å². The van der Waals surface area contributed by atoms with Crippen LogP contribution in [0.15, 0.2) is 5.38 Å². The molecule has 3 N–H and O–H groups in total. The van der Waals surface area contributed by atoms with E-state index in [2.05, 4.69) is 45.4 Å². The van der Waals surface area contributed by atoms with Crippen LogP contribution in [-0.4, -0.2) is 24.2 Å². The molecule has 0 bridgehead atoms. The van der Waals surface area contributed by atoms with Gasteiger partial charge in [0.2, 0.25) is 0 Å². The van der Waals surface area contributed by atoms with Gasteiger partial charge in [0.1, 0.15) is 0 Å². The molecule has 5 heteroatoms. The van der Waals surface area contributed by atoms with Gasteiger partial charge in [-0.15, -0.1) is 11.3 Å². The first-order valence-corrected chi connectivity index (χ1v) is 7.61. The first-order chi connectivity index (χ1) is 8.79. The number of rotatable bonds is 6. The lowest BCUT2D eigenvalue weighted by Gasteiger charge is -2.27. The summed E-state index contributed by atoms with van der Waals surface area (Å²) in [5.74, 6) is 6.08. The van der Waals surface area contributed by atoms with E-state index in [1.165, 1.54) is 0 Å². The minimum absolute atomic E-state index is 0.0870. The Kier molecular flexibility index (Phi) is 5.92. The maximum Gasteiger partial charge on any atom is 0.0945 e. The molecule has 0 amide bonds.